The van der Waals surface area contributed by atoms with Crippen LogP contribution in [0.25, 0.3) is 22.2 Å². The number of H-pyrrole nitrogens is 1. The van der Waals surface area contributed by atoms with Crippen molar-refractivity contribution in [2.45, 2.75) is 6.54 Å². The SMILES string of the molecule is COc1ccc(-c2ccc3nc(Nc4cc(CN5CCNCC5)ccn4)[nH]c3c2)cn1. The smallest absolute Gasteiger partial charge is 0.212 e. The van der Waals surface area contributed by atoms with Crippen LogP contribution in [0.5, 0.6) is 5.88 Å². The molecule has 4 aromatic rings. The van der Waals surface area contributed by atoms with E-state index in [0.717, 1.165) is 60.7 Å². The van der Waals surface area contributed by atoms with Gasteiger partial charge >= 0.3 is 0 Å². The van der Waals surface area contributed by atoms with Gasteiger partial charge in [0, 0.05) is 56.7 Å². The first-order valence-corrected chi connectivity index (χ1v) is 10.4. The Kier molecular flexibility index (Phi) is 5.47. The van der Waals surface area contributed by atoms with Gasteiger partial charge in [-0.1, -0.05) is 6.07 Å². The molecule has 0 radical (unpaired) electrons. The molecular formula is C23H25N7O. The van der Waals surface area contributed by atoms with E-state index in [-0.39, 0.29) is 0 Å². The number of rotatable bonds is 6. The number of nitrogens with one attached hydrogen (secondary N) is 3. The summed E-state index contributed by atoms with van der Waals surface area (Å²) in [6.45, 7) is 5.16. The van der Waals surface area contributed by atoms with Crippen LogP contribution in [0, 0.1) is 0 Å². The summed E-state index contributed by atoms with van der Waals surface area (Å²) in [5, 5.41) is 6.70. The van der Waals surface area contributed by atoms with Crippen molar-refractivity contribution < 1.29 is 4.74 Å². The van der Waals surface area contributed by atoms with Crippen molar-refractivity contribution in [3.8, 4) is 17.0 Å². The number of anilines is 2. The van der Waals surface area contributed by atoms with Crippen LogP contribution >= 0.6 is 0 Å². The summed E-state index contributed by atoms with van der Waals surface area (Å²) >= 11 is 0. The molecule has 1 aromatic carbocycles. The Morgan fingerprint density at radius 3 is 2.71 bits per heavy atom. The second-order valence-corrected chi connectivity index (χ2v) is 7.61. The van der Waals surface area contributed by atoms with E-state index in [1.807, 2.05) is 36.7 Å². The highest BCUT2D eigenvalue weighted by atomic mass is 16.5. The van der Waals surface area contributed by atoms with Gasteiger partial charge in [-0.3, -0.25) is 4.90 Å². The van der Waals surface area contributed by atoms with Gasteiger partial charge in [0.2, 0.25) is 11.8 Å². The van der Waals surface area contributed by atoms with Gasteiger partial charge in [0.1, 0.15) is 5.82 Å². The minimum absolute atomic E-state index is 0.601. The normalized spacial score (nSPS) is 14.6. The highest BCUT2D eigenvalue weighted by molar-refractivity contribution is 5.83. The van der Waals surface area contributed by atoms with Crippen LogP contribution in [0.4, 0.5) is 11.8 Å². The van der Waals surface area contributed by atoms with E-state index in [4.69, 9.17) is 4.74 Å². The summed E-state index contributed by atoms with van der Waals surface area (Å²) in [5.41, 5.74) is 5.17. The van der Waals surface area contributed by atoms with E-state index in [1.54, 1.807) is 7.11 Å². The molecule has 1 fully saturated rings. The molecule has 158 valence electrons. The van der Waals surface area contributed by atoms with Crippen LogP contribution in [0.15, 0.2) is 54.9 Å². The Balaban J connectivity index is 1.33. The number of aromatic amines is 1. The average Bonchev–Trinajstić information content (AvgIpc) is 3.21. The maximum Gasteiger partial charge on any atom is 0.212 e. The summed E-state index contributed by atoms with van der Waals surface area (Å²) in [4.78, 5) is 19.2. The largest absolute Gasteiger partial charge is 0.481 e. The number of ether oxygens (including phenoxy) is 1. The molecule has 0 unspecified atom stereocenters. The zero-order valence-electron chi connectivity index (χ0n) is 17.4. The number of aromatic nitrogens is 4. The molecule has 0 amide bonds. The number of pyridine rings is 2. The Morgan fingerprint density at radius 2 is 1.90 bits per heavy atom. The molecule has 0 spiro atoms. The number of nitrogens with zero attached hydrogens (tertiary/aromatic N) is 4. The maximum atomic E-state index is 5.14. The van der Waals surface area contributed by atoms with E-state index in [0.29, 0.717) is 11.8 Å². The Labute approximate surface area is 180 Å². The van der Waals surface area contributed by atoms with Crippen LogP contribution < -0.4 is 15.4 Å². The highest BCUT2D eigenvalue weighted by Gasteiger charge is 2.11. The number of imidazole rings is 1. The minimum atomic E-state index is 0.601. The topological polar surface area (TPSA) is 91.0 Å². The van der Waals surface area contributed by atoms with Crippen LogP contribution in [0.2, 0.25) is 0 Å². The van der Waals surface area contributed by atoms with Crippen LogP contribution in [-0.4, -0.2) is 58.1 Å². The molecule has 5 rings (SSSR count). The van der Waals surface area contributed by atoms with Gasteiger partial charge < -0.3 is 20.4 Å². The first kappa shape index (κ1) is 19.5. The van der Waals surface area contributed by atoms with Crippen LogP contribution in [0.1, 0.15) is 5.56 Å². The molecule has 0 bridgehead atoms. The van der Waals surface area contributed by atoms with Gasteiger partial charge in [0.25, 0.3) is 0 Å². The van der Waals surface area contributed by atoms with Crippen molar-refractivity contribution in [2.24, 2.45) is 0 Å². The first-order chi connectivity index (χ1) is 15.3. The standard InChI is InChI=1S/C23H25N7O/c1-31-22-5-3-18(14-26-22)17-2-4-19-20(13-17)28-23(27-19)29-21-12-16(6-7-25-21)15-30-10-8-24-9-11-30/h2-7,12-14,24H,8-11,15H2,1H3,(H2,25,27,28,29). The molecule has 0 saturated carbocycles. The molecule has 8 heteroatoms. The average molecular weight is 416 g/mol. The zero-order valence-corrected chi connectivity index (χ0v) is 17.4. The number of benzene rings is 1. The molecule has 1 aliphatic rings. The lowest BCUT2D eigenvalue weighted by atomic mass is 10.1. The van der Waals surface area contributed by atoms with Gasteiger partial charge in [0.05, 0.1) is 18.1 Å². The molecule has 1 saturated heterocycles. The lowest BCUT2D eigenvalue weighted by molar-refractivity contribution is 0.233. The van der Waals surface area contributed by atoms with Gasteiger partial charge in [-0.05, 0) is 41.5 Å². The number of methoxy groups -OCH3 is 1. The van der Waals surface area contributed by atoms with E-state index in [1.165, 1.54) is 5.56 Å². The van der Waals surface area contributed by atoms with Crippen molar-refractivity contribution in [2.75, 3.05) is 38.6 Å². The molecule has 3 N–H and O–H groups in total. The number of hydrogen-bond acceptors (Lipinski definition) is 7. The molecule has 4 heterocycles. The summed E-state index contributed by atoms with van der Waals surface area (Å²) in [7, 11) is 1.61. The third-order valence-electron chi connectivity index (χ3n) is 5.45. The third-order valence-corrected chi connectivity index (χ3v) is 5.45. The molecule has 0 aliphatic carbocycles. The predicted molar refractivity (Wildman–Crippen MR) is 122 cm³/mol. The summed E-state index contributed by atoms with van der Waals surface area (Å²) < 4.78 is 5.14. The highest BCUT2D eigenvalue weighted by Crippen LogP contribution is 2.25. The minimum Gasteiger partial charge on any atom is -0.481 e. The number of fused-ring (bicyclic) bond motifs is 1. The van der Waals surface area contributed by atoms with Gasteiger partial charge in [-0.2, -0.15) is 0 Å². The summed E-state index contributed by atoms with van der Waals surface area (Å²) in [6.07, 6.45) is 3.65. The molecule has 0 atom stereocenters. The fourth-order valence-corrected chi connectivity index (χ4v) is 3.81. The number of piperazine rings is 1. The Morgan fingerprint density at radius 1 is 1.03 bits per heavy atom. The van der Waals surface area contributed by atoms with Crippen molar-refractivity contribution in [3.05, 3.63) is 60.4 Å². The van der Waals surface area contributed by atoms with E-state index < -0.39 is 0 Å². The number of hydrogen-bond donors (Lipinski definition) is 3. The van der Waals surface area contributed by atoms with Gasteiger partial charge in [-0.15, -0.1) is 0 Å². The lowest BCUT2D eigenvalue weighted by Crippen LogP contribution is -2.42. The monoisotopic (exact) mass is 415 g/mol. The summed E-state index contributed by atoms with van der Waals surface area (Å²) in [5.74, 6) is 2.06. The van der Waals surface area contributed by atoms with Crippen molar-refractivity contribution >= 4 is 22.8 Å². The zero-order chi connectivity index (χ0) is 21.0. The Bertz CT molecular complexity index is 1170. The maximum absolute atomic E-state index is 5.14. The molecule has 1 aliphatic heterocycles. The van der Waals surface area contributed by atoms with E-state index in [2.05, 4.69) is 53.7 Å². The molecule has 8 nitrogen and oxygen atoms in total. The quantitative estimate of drug-likeness (QED) is 0.446. The predicted octanol–water partition coefficient (Wildman–Crippen LogP) is 3.18. The van der Waals surface area contributed by atoms with Crippen LogP contribution in [0.3, 0.4) is 0 Å². The molecule has 31 heavy (non-hydrogen) atoms. The molecular weight excluding hydrogens is 390 g/mol. The second-order valence-electron chi connectivity index (χ2n) is 7.61. The lowest BCUT2D eigenvalue weighted by Gasteiger charge is -2.27. The Hall–Kier alpha value is -3.49. The van der Waals surface area contributed by atoms with Gasteiger partial charge in [0.15, 0.2) is 0 Å². The molecule has 3 aromatic heterocycles. The van der Waals surface area contributed by atoms with Gasteiger partial charge in [-0.25, -0.2) is 15.0 Å². The van der Waals surface area contributed by atoms with E-state index in [9.17, 15) is 0 Å². The summed E-state index contributed by atoms with van der Waals surface area (Å²) in [6, 6.07) is 14.1. The first-order valence-electron chi connectivity index (χ1n) is 10.4. The van der Waals surface area contributed by atoms with Crippen LogP contribution in [-0.2, 0) is 6.54 Å². The third kappa shape index (κ3) is 4.50. The van der Waals surface area contributed by atoms with Crippen molar-refractivity contribution in [1.29, 1.82) is 0 Å². The van der Waals surface area contributed by atoms with Crippen molar-refractivity contribution in [3.63, 3.8) is 0 Å². The van der Waals surface area contributed by atoms with Crippen molar-refractivity contribution in [1.82, 2.24) is 30.2 Å². The fraction of sp³-hybridized carbons (Fsp3) is 0.261. The fourth-order valence-electron chi connectivity index (χ4n) is 3.81. The van der Waals surface area contributed by atoms with E-state index >= 15 is 0 Å². The second kappa shape index (κ2) is 8.71.